The molecule has 3 nitrogen and oxygen atoms in total. The zero-order chi connectivity index (χ0) is 10.4. The smallest absolute Gasteiger partial charge is 0.253 e. The molecule has 1 unspecified atom stereocenters. The minimum absolute atomic E-state index is 0.134. The number of carbonyl (C=O) groups excluding carboxylic acids is 1. The van der Waals surface area contributed by atoms with Crippen LogP contribution in [0, 0.1) is 5.92 Å². The molecular weight excluding hydrogens is 164 g/mol. The van der Waals surface area contributed by atoms with Gasteiger partial charge in [0.2, 0.25) is 0 Å². The van der Waals surface area contributed by atoms with E-state index >= 15 is 0 Å². The quantitative estimate of drug-likeness (QED) is 0.610. The highest BCUT2D eigenvalue weighted by molar-refractivity contribution is 5.90. The molecule has 0 aliphatic carbocycles. The van der Waals surface area contributed by atoms with Crippen molar-refractivity contribution in [1.29, 1.82) is 0 Å². The Balaban J connectivity index is 3.13. The molecule has 0 spiro atoms. The lowest BCUT2D eigenvalue weighted by atomic mass is 9.87. The van der Waals surface area contributed by atoms with E-state index in [-0.39, 0.29) is 11.8 Å². The first-order valence-electron chi connectivity index (χ1n) is 4.54. The van der Waals surface area contributed by atoms with E-state index in [1.165, 1.54) is 0 Å². The van der Waals surface area contributed by atoms with E-state index in [4.69, 9.17) is 0 Å². The topological polar surface area (TPSA) is 23.6 Å². The first-order valence-corrected chi connectivity index (χ1v) is 4.54. The van der Waals surface area contributed by atoms with E-state index in [0.717, 1.165) is 5.82 Å². The van der Waals surface area contributed by atoms with Crippen LogP contribution in [0.25, 0.3) is 0 Å². The molecule has 1 aliphatic heterocycles. The fourth-order valence-electron chi connectivity index (χ4n) is 1.73. The Morgan fingerprint density at radius 3 is 2.00 bits per heavy atom. The lowest BCUT2D eigenvalue weighted by Gasteiger charge is -2.33. The average molecular weight is 182 g/mol. The first-order chi connectivity index (χ1) is 5.83. The second-order valence-electron chi connectivity index (χ2n) is 4.14. The van der Waals surface area contributed by atoms with Crippen molar-refractivity contribution >= 4 is 5.91 Å². The van der Waals surface area contributed by atoms with Crippen LogP contribution in [-0.2, 0) is 4.79 Å². The van der Waals surface area contributed by atoms with Gasteiger partial charge in [0, 0.05) is 14.1 Å². The van der Waals surface area contributed by atoms with E-state index in [1.807, 2.05) is 18.9 Å². The van der Waals surface area contributed by atoms with Crippen LogP contribution >= 0.6 is 0 Å². The van der Waals surface area contributed by atoms with E-state index in [1.54, 1.807) is 11.9 Å². The predicted molar refractivity (Wildman–Crippen MR) is 52.9 cm³/mol. The molecule has 0 N–H and O–H groups in total. The van der Waals surface area contributed by atoms with E-state index in [9.17, 15) is 4.79 Å². The fraction of sp³-hybridized carbons (Fsp3) is 0.700. The van der Waals surface area contributed by atoms with Crippen LogP contribution in [-0.4, -0.2) is 35.3 Å². The van der Waals surface area contributed by atoms with E-state index in [2.05, 4.69) is 20.4 Å². The molecule has 0 aromatic rings. The van der Waals surface area contributed by atoms with Gasteiger partial charge in [-0.15, -0.1) is 0 Å². The van der Waals surface area contributed by atoms with Crippen LogP contribution in [0.4, 0.5) is 0 Å². The number of hydrogen-bond acceptors (Lipinski definition) is 2. The van der Waals surface area contributed by atoms with Crippen molar-refractivity contribution in [2.45, 2.75) is 26.3 Å². The maximum Gasteiger partial charge on any atom is 0.253 e. The Hall–Kier alpha value is -0.990. The summed E-state index contributed by atoms with van der Waals surface area (Å²) in [5, 5.41) is 0. The van der Waals surface area contributed by atoms with Crippen molar-refractivity contribution in [3.63, 3.8) is 0 Å². The number of carbonyl (C=O) groups is 1. The summed E-state index contributed by atoms with van der Waals surface area (Å²) >= 11 is 0. The van der Waals surface area contributed by atoms with Crippen molar-refractivity contribution in [2.75, 3.05) is 14.1 Å². The van der Waals surface area contributed by atoms with Crippen LogP contribution in [0.3, 0.4) is 0 Å². The Labute approximate surface area is 80.0 Å². The van der Waals surface area contributed by atoms with Crippen molar-refractivity contribution in [3.05, 3.63) is 12.4 Å². The summed E-state index contributed by atoms with van der Waals surface area (Å²) in [5.74, 6) is 1.20. The highest BCUT2D eigenvalue weighted by Gasteiger charge is 2.49. The van der Waals surface area contributed by atoms with Gasteiger partial charge in [-0.25, -0.2) is 0 Å². The molecule has 1 rings (SSSR count). The predicted octanol–water partition coefficient (Wildman–Crippen LogP) is 1.28. The van der Waals surface area contributed by atoms with Gasteiger partial charge in [0.1, 0.15) is 11.4 Å². The third kappa shape index (κ3) is 1.06. The molecule has 1 heterocycles. The van der Waals surface area contributed by atoms with Gasteiger partial charge in [-0.3, -0.25) is 4.79 Å². The van der Waals surface area contributed by atoms with Crippen LogP contribution in [0.5, 0.6) is 0 Å². The Morgan fingerprint density at radius 2 is 1.85 bits per heavy atom. The minimum Gasteiger partial charge on any atom is -0.347 e. The summed E-state index contributed by atoms with van der Waals surface area (Å²) in [7, 11) is 3.69. The molecule has 13 heavy (non-hydrogen) atoms. The molecule has 0 bridgehead atoms. The second kappa shape index (κ2) is 2.76. The number of likely N-dealkylation sites (N-methyl/N-ethyl adjacent to an activating group) is 2. The summed E-state index contributed by atoms with van der Waals surface area (Å²) in [6.45, 7) is 9.96. The van der Waals surface area contributed by atoms with Gasteiger partial charge in [0.25, 0.3) is 5.91 Å². The molecule has 0 aromatic heterocycles. The van der Waals surface area contributed by atoms with Gasteiger partial charge < -0.3 is 9.80 Å². The molecular formula is C10H18N2O. The maximum absolute atomic E-state index is 11.9. The minimum atomic E-state index is -0.425. The van der Waals surface area contributed by atoms with Crippen LogP contribution < -0.4 is 0 Å². The molecule has 0 aromatic carbocycles. The number of rotatable bonds is 1. The molecule has 0 saturated carbocycles. The summed E-state index contributed by atoms with van der Waals surface area (Å²) in [6.07, 6.45) is 0. The Bertz CT molecular complexity index is 260. The van der Waals surface area contributed by atoms with Gasteiger partial charge >= 0.3 is 0 Å². The molecule has 0 radical (unpaired) electrons. The molecule has 1 atom stereocenters. The van der Waals surface area contributed by atoms with Gasteiger partial charge in [-0.1, -0.05) is 20.4 Å². The van der Waals surface area contributed by atoms with Crippen LogP contribution in [0.1, 0.15) is 20.8 Å². The van der Waals surface area contributed by atoms with Crippen molar-refractivity contribution in [2.24, 2.45) is 5.92 Å². The monoisotopic (exact) mass is 182 g/mol. The van der Waals surface area contributed by atoms with Crippen LogP contribution in [0.2, 0.25) is 0 Å². The van der Waals surface area contributed by atoms with Gasteiger partial charge in [-0.2, -0.15) is 0 Å². The zero-order valence-corrected chi connectivity index (χ0v) is 9.09. The van der Waals surface area contributed by atoms with Crippen LogP contribution in [0.15, 0.2) is 12.4 Å². The van der Waals surface area contributed by atoms with E-state index in [0.29, 0.717) is 0 Å². The summed E-state index contributed by atoms with van der Waals surface area (Å²) < 4.78 is 0. The van der Waals surface area contributed by atoms with Crippen molar-refractivity contribution in [3.8, 4) is 0 Å². The summed E-state index contributed by atoms with van der Waals surface area (Å²) in [4.78, 5) is 15.5. The zero-order valence-electron chi connectivity index (χ0n) is 9.09. The molecule has 1 amide bonds. The molecule has 1 fully saturated rings. The third-order valence-corrected chi connectivity index (χ3v) is 3.33. The molecule has 74 valence electrons. The van der Waals surface area contributed by atoms with Gasteiger partial charge in [0.05, 0.1) is 0 Å². The molecule has 1 aliphatic rings. The molecule has 1 saturated heterocycles. The second-order valence-corrected chi connectivity index (χ2v) is 4.14. The number of amides is 1. The SMILES string of the molecule is C=C1N(C)C(=O)C(C)(C(C)C)N1C. The van der Waals surface area contributed by atoms with E-state index < -0.39 is 5.54 Å². The van der Waals surface area contributed by atoms with Gasteiger partial charge in [-0.05, 0) is 12.8 Å². The highest BCUT2D eigenvalue weighted by Crippen LogP contribution is 2.35. The normalized spacial score (nSPS) is 29.4. The first kappa shape index (κ1) is 10.1. The number of hydrogen-bond donors (Lipinski definition) is 0. The Kier molecular flexibility index (Phi) is 2.14. The number of nitrogens with zero attached hydrogens (tertiary/aromatic N) is 2. The van der Waals surface area contributed by atoms with Gasteiger partial charge in [0.15, 0.2) is 0 Å². The largest absolute Gasteiger partial charge is 0.347 e. The third-order valence-electron chi connectivity index (χ3n) is 3.33. The lowest BCUT2D eigenvalue weighted by molar-refractivity contribution is -0.133. The summed E-state index contributed by atoms with van der Waals surface area (Å²) in [6, 6.07) is 0. The molecule has 3 heteroatoms. The van der Waals surface area contributed by atoms with Crippen molar-refractivity contribution < 1.29 is 4.79 Å². The fourth-order valence-corrected chi connectivity index (χ4v) is 1.73. The standard InChI is InChI=1S/C10H18N2O/c1-7(2)10(4)9(13)11(5)8(3)12(10)6/h7H,3H2,1-2,4-6H3. The lowest BCUT2D eigenvalue weighted by Crippen LogP contribution is -2.48. The highest BCUT2D eigenvalue weighted by atomic mass is 16.2. The Morgan fingerprint density at radius 1 is 1.38 bits per heavy atom. The summed E-state index contributed by atoms with van der Waals surface area (Å²) in [5.41, 5.74) is -0.425. The average Bonchev–Trinajstić information content (AvgIpc) is 2.22. The maximum atomic E-state index is 11.9. The van der Waals surface area contributed by atoms with Crippen molar-refractivity contribution in [1.82, 2.24) is 9.80 Å².